The van der Waals surface area contributed by atoms with E-state index >= 15 is 0 Å². The minimum Gasteiger partial charge on any atom is -0.493 e. The van der Waals surface area contributed by atoms with E-state index in [4.69, 9.17) is 9.47 Å². The Morgan fingerprint density at radius 2 is 1.84 bits per heavy atom. The van der Waals surface area contributed by atoms with Gasteiger partial charge in [0.15, 0.2) is 5.96 Å². The van der Waals surface area contributed by atoms with Crippen molar-refractivity contribution in [3.63, 3.8) is 0 Å². The zero-order valence-corrected chi connectivity index (χ0v) is 19.3. The van der Waals surface area contributed by atoms with E-state index in [-0.39, 0.29) is 0 Å². The second-order valence-corrected chi connectivity index (χ2v) is 8.44. The average molecular weight is 425 g/mol. The Morgan fingerprint density at radius 1 is 1.10 bits per heavy atom. The van der Waals surface area contributed by atoms with Crippen LogP contribution >= 0.6 is 0 Å². The van der Waals surface area contributed by atoms with Crippen LogP contribution in [0.25, 0.3) is 0 Å². The molecule has 0 radical (unpaired) electrons. The predicted molar refractivity (Wildman–Crippen MR) is 126 cm³/mol. The summed E-state index contributed by atoms with van der Waals surface area (Å²) in [5.41, 5.74) is 4.92. The van der Waals surface area contributed by atoms with Gasteiger partial charge in [-0.15, -0.1) is 0 Å². The van der Waals surface area contributed by atoms with Gasteiger partial charge in [0.05, 0.1) is 13.2 Å². The van der Waals surface area contributed by atoms with Gasteiger partial charge in [0.25, 0.3) is 0 Å². The van der Waals surface area contributed by atoms with Gasteiger partial charge in [-0.3, -0.25) is 4.99 Å². The van der Waals surface area contributed by atoms with Gasteiger partial charge in [-0.25, -0.2) is 0 Å². The topological polar surface area (TPSA) is 58.1 Å². The second kappa shape index (κ2) is 11.7. The fraction of sp³-hybridized carbons (Fsp3) is 0.480. The number of ether oxygens (including phenoxy) is 2. The summed E-state index contributed by atoms with van der Waals surface area (Å²) in [4.78, 5) is 6.57. The molecule has 1 saturated heterocycles. The smallest absolute Gasteiger partial charge is 0.191 e. The molecule has 31 heavy (non-hydrogen) atoms. The Bertz CT molecular complexity index is 860. The Morgan fingerprint density at radius 3 is 2.52 bits per heavy atom. The third-order valence-corrected chi connectivity index (χ3v) is 5.44. The summed E-state index contributed by atoms with van der Waals surface area (Å²) in [7, 11) is 5.98. The van der Waals surface area contributed by atoms with Crippen LogP contribution in [0.5, 0.6) is 5.75 Å². The fourth-order valence-corrected chi connectivity index (χ4v) is 3.67. The van der Waals surface area contributed by atoms with E-state index in [0.29, 0.717) is 19.1 Å². The molecule has 2 aromatic carbocycles. The molecule has 6 heteroatoms. The Kier molecular flexibility index (Phi) is 8.74. The van der Waals surface area contributed by atoms with Gasteiger partial charge in [0, 0.05) is 44.8 Å². The number of aliphatic imine (C=N–C) groups is 1. The molecule has 3 rings (SSSR count). The second-order valence-electron chi connectivity index (χ2n) is 8.44. The lowest BCUT2D eigenvalue weighted by molar-refractivity contribution is 0.166. The molecule has 0 saturated carbocycles. The van der Waals surface area contributed by atoms with Gasteiger partial charge < -0.3 is 25.0 Å². The van der Waals surface area contributed by atoms with Crippen LogP contribution in [0.15, 0.2) is 47.5 Å². The number of nitrogens with zero attached hydrogens (tertiary/aromatic N) is 2. The summed E-state index contributed by atoms with van der Waals surface area (Å²) in [5, 5.41) is 6.87. The molecule has 0 aromatic heterocycles. The van der Waals surface area contributed by atoms with Crippen LogP contribution in [0.4, 0.5) is 0 Å². The highest BCUT2D eigenvalue weighted by atomic mass is 16.5. The van der Waals surface area contributed by atoms with Crippen LogP contribution in [0.2, 0.25) is 0 Å². The number of hydrogen-bond acceptors (Lipinski definition) is 4. The summed E-state index contributed by atoms with van der Waals surface area (Å²) >= 11 is 0. The molecular weight excluding hydrogens is 388 g/mol. The van der Waals surface area contributed by atoms with Gasteiger partial charge in [0.1, 0.15) is 5.75 Å². The van der Waals surface area contributed by atoms with Crippen molar-refractivity contribution in [2.45, 2.75) is 33.0 Å². The molecule has 168 valence electrons. The van der Waals surface area contributed by atoms with E-state index in [0.717, 1.165) is 50.0 Å². The zero-order chi connectivity index (χ0) is 22.1. The third kappa shape index (κ3) is 7.26. The summed E-state index contributed by atoms with van der Waals surface area (Å²) in [6, 6.07) is 14.9. The summed E-state index contributed by atoms with van der Waals surface area (Å²) < 4.78 is 11.6. The van der Waals surface area contributed by atoms with Gasteiger partial charge >= 0.3 is 0 Å². The minimum absolute atomic E-state index is 0.484. The molecule has 2 N–H and O–H groups in total. The third-order valence-electron chi connectivity index (χ3n) is 5.44. The number of nitrogens with one attached hydrogen (secondary N) is 2. The maximum Gasteiger partial charge on any atom is 0.191 e. The lowest BCUT2D eigenvalue weighted by Crippen LogP contribution is -2.36. The van der Waals surface area contributed by atoms with E-state index in [1.54, 1.807) is 7.05 Å². The fourth-order valence-electron chi connectivity index (χ4n) is 3.67. The lowest BCUT2D eigenvalue weighted by atomic mass is 10.1. The van der Waals surface area contributed by atoms with Crippen molar-refractivity contribution < 1.29 is 9.47 Å². The molecule has 1 aliphatic rings. The van der Waals surface area contributed by atoms with Crippen molar-refractivity contribution >= 4 is 5.96 Å². The summed E-state index contributed by atoms with van der Waals surface area (Å²) in [5.74, 6) is 2.19. The van der Waals surface area contributed by atoms with Crippen molar-refractivity contribution in [1.29, 1.82) is 0 Å². The molecule has 1 atom stereocenters. The van der Waals surface area contributed by atoms with Gasteiger partial charge in [0.2, 0.25) is 0 Å². The van der Waals surface area contributed by atoms with Crippen LogP contribution in [0.3, 0.4) is 0 Å². The predicted octanol–water partition coefficient (Wildman–Crippen LogP) is 3.34. The number of rotatable bonds is 9. The summed E-state index contributed by atoms with van der Waals surface area (Å²) in [6.45, 7) is 6.72. The normalized spacial score (nSPS) is 16.5. The van der Waals surface area contributed by atoms with Crippen LogP contribution in [-0.4, -0.2) is 51.8 Å². The molecule has 1 heterocycles. The molecule has 0 amide bonds. The van der Waals surface area contributed by atoms with Crippen molar-refractivity contribution in [2.24, 2.45) is 10.9 Å². The van der Waals surface area contributed by atoms with Crippen LogP contribution in [0.1, 0.15) is 28.7 Å². The van der Waals surface area contributed by atoms with E-state index < -0.39 is 0 Å². The molecule has 6 nitrogen and oxygen atoms in total. The van der Waals surface area contributed by atoms with Crippen molar-refractivity contribution in [2.75, 3.05) is 41.0 Å². The molecular formula is C25H36N4O2. The number of aryl methyl sites for hydroxylation is 1. The minimum atomic E-state index is 0.484. The van der Waals surface area contributed by atoms with Crippen LogP contribution in [0, 0.1) is 12.8 Å². The lowest BCUT2D eigenvalue weighted by Gasteiger charge is -2.18. The van der Waals surface area contributed by atoms with Crippen LogP contribution < -0.4 is 15.4 Å². The first-order chi connectivity index (χ1) is 15.0. The average Bonchev–Trinajstić information content (AvgIpc) is 3.27. The van der Waals surface area contributed by atoms with E-state index in [1.165, 1.54) is 16.7 Å². The SMILES string of the molecule is CN=C(NCc1ccccc1CN(C)C)NCc1ccc(C)cc1OCC1CCOC1. The van der Waals surface area contributed by atoms with E-state index in [1.807, 2.05) is 0 Å². The van der Waals surface area contributed by atoms with Crippen molar-refractivity contribution in [3.05, 3.63) is 64.7 Å². The largest absolute Gasteiger partial charge is 0.493 e. The molecule has 0 bridgehead atoms. The number of hydrogen-bond donors (Lipinski definition) is 2. The molecule has 0 aliphatic carbocycles. The monoisotopic (exact) mass is 424 g/mol. The molecule has 2 aromatic rings. The molecule has 1 aliphatic heterocycles. The van der Waals surface area contributed by atoms with Gasteiger partial charge in [-0.2, -0.15) is 0 Å². The van der Waals surface area contributed by atoms with E-state index in [9.17, 15) is 0 Å². The summed E-state index contributed by atoms with van der Waals surface area (Å²) in [6.07, 6.45) is 1.07. The van der Waals surface area contributed by atoms with Crippen molar-refractivity contribution in [1.82, 2.24) is 15.5 Å². The highest BCUT2D eigenvalue weighted by Gasteiger charge is 2.17. The van der Waals surface area contributed by atoms with Gasteiger partial charge in [-0.1, -0.05) is 36.4 Å². The first kappa shape index (κ1) is 23.1. The number of benzene rings is 2. The Hall–Kier alpha value is -2.57. The quantitative estimate of drug-likeness (QED) is 0.478. The maximum absolute atomic E-state index is 6.16. The Balaban J connectivity index is 1.57. The first-order valence-electron chi connectivity index (χ1n) is 11.0. The molecule has 1 fully saturated rings. The van der Waals surface area contributed by atoms with Crippen molar-refractivity contribution in [3.8, 4) is 5.75 Å². The highest BCUT2D eigenvalue weighted by molar-refractivity contribution is 5.79. The first-order valence-corrected chi connectivity index (χ1v) is 11.0. The molecule has 1 unspecified atom stereocenters. The Labute approximate surface area is 186 Å². The number of guanidine groups is 1. The van der Waals surface area contributed by atoms with E-state index in [2.05, 4.69) is 84.0 Å². The highest BCUT2D eigenvalue weighted by Crippen LogP contribution is 2.22. The van der Waals surface area contributed by atoms with Gasteiger partial charge in [-0.05, 0) is 50.2 Å². The zero-order valence-electron chi connectivity index (χ0n) is 19.3. The molecule has 0 spiro atoms. The standard InChI is InChI=1S/C25H36N4O2/c1-19-9-10-22(24(13-19)31-18-20-11-12-30-17-20)15-28-25(26-2)27-14-21-7-5-6-8-23(21)16-29(3)4/h5-10,13,20H,11-12,14-18H2,1-4H3,(H2,26,27,28). The maximum atomic E-state index is 6.16. The van der Waals surface area contributed by atoms with Crippen LogP contribution in [-0.2, 0) is 24.4 Å².